The van der Waals surface area contributed by atoms with Crippen LogP contribution in [0, 0.1) is 0 Å². The Balaban J connectivity index is 2.29. The van der Waals surface area contributed by atoms with Crippen molar-refractivity contribution >= 4 is 17.5 Å². The second-order valence-electron chi connectivity index (χ2n) is 5.15. The maximum Gasteiger partial charge on any atom is 0.237 e. The maximum atomic E-state index is 12.3. The van der Waals surface area contributed by atoms with Gasteiger partial charge in [-0.25, -0.2) is 0 Å². The number of halogens is 1. The van der Waals surface area contributed by atoms with Gasteiger partial charge in [0.05, 0.1) is 17.8 Å². The van der Waals surface area contributed by atoms with Gasteiger partial charge in [0.15, 0.2) is 0 Å². The predicted molar refractivity (Wildman–Crippen MR) is 88.6 cm³/mol. The van der Waals surface area contributed by atoms with E-state index in [1.54, 1.807) is 12.3 Å². The number of carbonyl (C=O) groups is 1. The summed E-state index contributed by atoms with van der Waals surface area (Å²) >= 11 is 6.07. The smallest absolute Gasteiger partial charge is 0.237 e. The third kappa shape index (κ3) is 4.29. The average molecular weight is 318 g/mol. The number of nitrogens with one attached hydrogen (secondary N) is 1. The van der Waals surface area contributed by atoms with Crippen LogP contribution in [0.1, 0.15) is 37.1 Å². The molecule has 0 aliphatic carbocycles. The van der Waals surface area contributed by atoms with E-state index in [4.69, 9.17) is 17.3 Å². The van der Waals surface area contributed by atoms with Gasteiger partial charge in [0, 0.05) is 11.2 Å². The van der Waals surface area contributed by atoms with Crippen molar-refractivity contribution in [2.45, 2.75) is 31.8 Å². The van der Waals surface area contributed by atoms with Gasteiger partial charge in [-0.1, -0.05) is 43.1 Å². The summed E-state index contributed by atoms with van der Waals surface area (Å²) in [5, 5.41) is 3.59. The number of nitrogens with zero attached hydrogens (tertiary/aromatic N) is 1. The zero-order valence-electron chi connectivity index (χ0n) is 12.5. The Morgan fingerprint density at radius 2 is 2.14 bits per heavy atom. The monoisotopic (exact) mass is 317 g/mol. The molecule has 1 aromatic carbocycles. The van der Waals surface area contributed by atoms with Crippen molar-refractivity contribution in [1.29, 1.82) is 0 Å². The van der Waals surface area contributed by atoms with Crippen molar-refractivity contribution in [3.63, 3.8) is 0 Å². The summed E-state index contributed by atoms with van der Waals surface area (Å²) in [7, 11) is 0. The van der Waals surface area contributed by atoms with Crippen LogP contribution in [0.2, 0.25) is 5.02 Å². The molecule has 0 radical (unpaired) electrons. The van der Waals surface area contributed by atoms with Gasteiger partial charge < -0.3 is 11.1 Å². The van der Waals surface area contributed by atoms with Gasteiger partial charge in [-0.2, -0.15) is 0 Å². The van der Waals surface area contributed by atoms with E-state index in [0.717, 1.165) is 17.7 Å². The van der Waals surface area contributed by atoms with Crippen LogP contribution in [0.5, 0.6) is 0 Å². The number of hydrogen-bond donors (Lipinski definition) is 2. The van der Waals surface area contributed by atoms with Crippen LogP contribution in [-0.2, 0) is 4.79 Å². The predicted octanol–water partition coefficient (Wildman–Crippen LogP) is 3.07. The molecule has 2 rings (SSSR count). The lowest BCUT2D eigenvalue weighted by Gasteiger charge is -2.21. The lowest BCUT2D eigenvalue weighted by Crippen LogP contribution is -2.42. The van der Waals surface area contributed by atoms with Crippen molar-refractivity contribution in [2.24, 2.45) is 5.73 Å². The van der Waals surface area contributed by atoms with E-state index in [2.05, 4.69) is 10.3 Å². The summed E-state index contributed by atoms with van der Waals surface area (Å²) in [6.07, 6.45) is 3.21. The van der Waals surface area contributed by atoms with Gasteiger partial charge in [0.25, 0.3) is 0 Å². The zero-order chi connectivity index (χ0) is 15.9. The number of hydrogen-bond acceptors (Lipinski definition) is 3. The van der Waals surface area contributed by atoms with Crippen LogP contribution < -0.4 is 11.1 Å². The first-order valence-corrected chi connectivity index (χ1v) is 7.72. The first-order chi connectivity index (χ1) is 10.6. The summed E-state index contributed by atoms with van der Waals surface area (Å²) in [6.45, 7) is 2.00. The second kappa shape index (κ2) is 7.92. The second-order valence-corrected chi connectivity index (χ2v) is 5.58. The zero-order valence-corrected chi connectivity index (χ0v) is 13.3. The molecule has 0 aliphatic heterocycles. The molecule has 3 N–H and O–H groups in total. The van der Waals surface area contributed by atoms with Gasteiger partial charge in [-0.3, -0.25) is 9.78 Å². The number of carbonyl (C=O) groups excluding carboxylic acids is 1. The molecular weight excluding hydrogens is 298 g/mol. The Bertz CT molecular complexity index is 618. The van der Waals surface area contributed by atoms with Gasteiger partial charge in [0.2, 0.25) is 5.91 Å². The molecule has 0 aliphatic rings. The Kier molecular flexibility index (Phi) is 5.92. The summed E-state index contributed by atoms with van der Waals surface area (Å²) in [5.74, 6) is -0.183. The highest BCUT2D eigenvalue weighted by atomic mass is 35.5. The van der Waals surface area contributed by atoms with Crippen LogP contribution in [0.15, 0.2) is 48.7 Å². The Hall–Kier alpha value is -1.91. The van der Waals surface area contributed by atoms with E-state index >= 15 is 0 Å². The van der Waals surface area contributed by atoms with Crippen LogP contribution in [0.3, 0.4) is 0 Å². The van der Waals surface area contributed by atoms with Gasteiger partial charge in [-0.15, -0.1) is 0 Å². The minimum absolute atomic E-state index is 0.183. The van der Waals surface area contributed by atoms with Crippen LogP contribution in [-0.4, -0.2) is 16.9 Å². The summed E-state index contributed by atoms with van der Waals surface area (Å²) in [4.78, 5) is 16.6. The van der Waals surface area contributed by atoms with E-state index in [1.165, 1.54) is 0 Å². The number of amides is 1. The summed E-state index contributed by atoms with van der Waals surface area (Å²) in [5.41, 5.74) is 7.53. The minimum Gasteiger partial charge on any atom is -0.342 e. The normalized spacial score (nSPS) is 13.4. The highest BCUT2D eigenvalue weighted by molar-refractivity contribution is 6.30. The molecule has 1 aromatic heterocycles. The van der Waals surface area contributed by atoms with E-state index in [9.17, 15) is 4.79 Å². The lowest BCUT2D eigenvalue weighted by atomic mass is 10.0. The van der Waals surface area contributed by atoms with Crippen molar-refractivity contribution in [2.75, 3.05) is 0 Å². The minimum atomic E-state index is -0.518. The van der Waals surface area contributed by atoms with Crippen molar-refractivity contribution in [3.05, 3.63) is 64.9 Å². The molecule has 0 saturated carbocycles. The quantitative estimate of drug-likeness (QED) is 0.860. The van der Waals surface area contributed by atoms with Crippen LogP contribution >= 0.6 is 11.6 Å². The molecule has 0 fully saturated rings. The van der Waals surface area contributed by atoms with Crippen LogP contribution in [0.4, 0.5) is 0 Å². The highest BCUT2D eigenvalue weighted by Gasteiger charge is 2.21. The molecule has 5 heteroatoms. The number of rotatable bonds is 6. The van der Waals surface area contributed by atoms with E-state index in [0.29, 0.717) is 11.4 Å². The third-order valence-corrected chi connectivity index (χ3v) is 3.62. The first kappa shape index (κ1) is 16.5. The van der Waals surface area contributed by atoms with E-state index < -0.39 is 6.04 Å². The molecular formula is C17H20ClN3O. The van der Waals surface area contributed by atoms with Gasteiger partial charge in [0.1, 0.15) is 0 Å². The number of aromatic nitrogens is 1. The maximum absolute atomic E-state index is 12.3. The standard InChI is InChI=1S/C17H20ClN3O/c1-2-6-14(19)17(22)21-16(15-9-3-4-10-20-15)12-7-5-8-13(18)11-12/h3-5,7-11,14,16H,2,6,19H2,1H3,(H,21,22). The molecule has 0 spiro atoms. The fraction of sp³-hybridized carbons (Fsp3) is 0.294. The number of nitrogens with two attached hydrogens (primary N) is 1. The fourth-order valence-corrected chi connectivity index (χ4v) is 2.45. The molecule has 1 heterocycles. The van der Waals surface area contributed by atoms with Crippen molar-refractivity contribution in [1.82, 2.24) is 10.3 Å². The van der Waals surface area contributed by atoms with E-state index in [-0.39, 0.29) is 11.9 Å². The average Bonchev–Trinajstić information content (AvgIpc) is 2.53. The first-order valence-electron chi connectivity index (χ1n) is 7.34. The Morgan fingerprint density at radius 3 is 2.77 bits per heavy atom. The molecule has 0 bridgehead atoms. The molecule has 2 aromatic rings. The van der Waals surface area contributed by atoms with Crippen molar-refractivity contribution < 1.29 is 4.79 Å². The third-order valence-electron chi connectivity index (χ3n) is 3.39. The number of benzene rings is 1. The van der Waals surface area contributed by atoms with Gasteiger partial charge in [-0.05, 0) is 36.2 Å². The molecule has 4 nitrogen and oxygen atoms in total. The molecule has 1 amide bonds. The topological polar surface area (TPSA) is 68.0 Å². The van der Waals surface area contributed by atoms with E-state index in [1.807, 2.05) is 43.3 Å². The SMILES string of the molecule is CCCC(N)C(=O)NC(c1cccc(Cl)c1)c1ccccn1. The van der Waals surface area contributed by atoms with Crippen molar-refractivity contribution in [3.8, 4) is 0 Å². The molecule has 22 heavy (non-hydrogen) atoms. The molecule has 2 atom stereocenters. The van der Waals surface area contributed by atoms with Gasteiger partial charge >= 0.3 is 0 Å². The molecule has 116 valence electrons. The lowest BCUT2D eigenvalue weighted by molar-refractivity contribution is -0.123. The summed E-state index contributed by atoms with van der Waals surface area (Å²) in [6, 6.07) is 12.1. The number of pyridine rings is 1. The molecule has 2 unspecified atom stereocenters. The highest BCUT2D eigenvalue weighted by Crippen LogP contribution is 2.23. The van der Waals surface area contributed by atoms with Crippen LogP contribution in [0.25, 0.3) is 0 Å². The largest absolute Gasteiger partial charge is 0.342 e. The Morgan fingerprint density at radius 1 is 1.32 bits per heavy atom. The fourth-order valence-electron chi connectivity index (χ4n) is 2.25. The Labute approximate surface area is 135 Å². The molecule has 0 saturated heterocycles. The summed E-state index contributed by atoms with van der Waals surface area (Å²) < 4.78 is 0.